The second-order valence-electron chi connectivity index (χ2n) is 5.36. The van der Waals surface area contributed by atoms with Crippen LogP contribution in [0.1, 0.15) is 38.3 Å². The number of ether oxygens (including phenoxy) is 1. The molecule has 3 nitrogen and oxygen atoms in total. The Morgan fingerprint density at radius 1 is 1.35 bits per heavy atom. The molecule has 0 aliphatic heterocycles. The number of rotatable bonds is 9. The maximum absolute atomic E-state index is 5.78. The Labute approximate surface area is 131 Å². The maximum Gasteiger partial charge on any atom is 0.120 e. The lowest BCUT2D eigenvalue weighted by Crippen LogP contribution is -2.19. The predicted octanol–water partition coefficient (Wildman–Crippen LogP) is 3.84. The average molecular weight is 343 g/mol. The molecule has 1 rings (SSSR count). The molecule has 1 unspecified atom stereocenters. The fraction of sp³-hybridized carbons (Fsp3) is 0.625. The highest BCUT2D eigenvalue weighted by atomic mass is 79.9. The Hall–Kier alpha value is -0.580. The van der Waals surface area contributed by atoms with Crippen LogP contribution in [0.2, 0.25) is 0 Å². The van der Waals surface area contributed by atoms with E-state index in [4.69, 9.17) is 4.74 Å². The minimum absolute atomic E-state index is 0.354. The van der Waals surface area contributed by atoms with Crippen molar-refractivity contribution in [1.29, 1.82) is 0 Å². The van der Waals surface area contributed by atoms with E-state index in [0.717, 1.165) is 42.8 Å². The number of halogens is 1. The Bertz CT molecular complexity index is 396. The van der Waals surface area contributed by atoms with Gasteiger partial charge in [-0.05, 0) is 58.1 Å². The number of nitrogens with one attached hydrogen (secondary N) is 1. The van der Waals surface area contributed by atoms with E-state index in [2.05, 4.69) is 72.3 Å². The summed E-state index contributed by atoms with van der Waals surface area (Å²) in [5.74, 6) is 0.932. The van der Waals surface area contributed by atoms with Crippen molar-refractivity contribution in [3.8, 4) is 5.75 Å². The molecular formula is C16H27BrN2O. The fourth-order valence-electron chi connectivity index (χ4n) is 1.99. The van der Waals surface area contributed by atoms with E-state index in [9.17, 15) is 0 Å². The Kier molecular flexibility index (Phi) is 8.19. The Balaban J connectivity index is 2.50. The maximum atomic E-state index is 5.78. The van der Waals surface area contributed by atoms with E-state index in [-0.39, 0.29) is 0 Å². The van der Waals surface area contributed by atoms with E-state index >= 15 is 0 Å². The molecule has 0 saturated heterocycles. The molecule has 20 heavy (non-hydrogen) atoms. The summed E-state index contributed by atoms with van der Waals surface area (Å²) in [6.45, 7) is 7.22. The second kappa shape index (κ2) is 9.37. The summed E-state index contributed by atoms with van der Waals surface area (Å²) in [4.78, 5) is 2.17. The Morgan fingerprint density at radius 2 is 2.10 bits per heavy atom. The first-order valence-electron chi connectivity index (χ1n) is 7.35. The quantitative estimate of drug-likeness (QED) is 0.690. The van der Waals surface area contributed by atoms with E-state index in [1.165, 1.54) is 5.56 Å². The third-order valence-electron chi connectivity index (χ3n) is 3.16. The fourth-order valence-corrected chi connectivity index (χ4v) is 2.69. The molecule has 4 heteroatoms. The van der Waals surface area contributed by atoms with Gasteiger partial charge in [-0.2, -0.15) is 0 Å². The summed E-state index contributed by atoms with van der Waals surface area (Å²) in [5.41, 5.74) is 1.28. The van der Waals surface area contributed by atoms with Gasteiger partial charge in [0.05, 0.1) is 6.61 Å². The van der Waals surface area contributed by atoms with Crippen LogP contribution < -0.4 is 10.1 Å². The van der Waals surface area contributed by atoms with Gasteiger partial charge in [-0.3, -0.25) is 0 Å². The molecule has 0 aliphatic rings. The van der Waals surface area contributed by atoms with Crippen molar-refractivity contribution in [2.45, 2.75) is 32.7 Å². The van der Waals surface area contributed by atoms with Crippen molar-refractivity contribution in [2.75, 3.05) is 33.8 Å². The van der Waals surface area contributed by atoms with Crippen molar-refractivity contribution in [1.82, 2.24) is 10.2 Å². The average Bonchev–Trinajstić information content (AvgIpc) is 2.41. The molecule has 0 bridgehead atoms. The first kappa shape index (κ1) is 17.5. The molecule has 0 heterocycles. The van der Waals surface area contributed by atoms with Crippen molar-refractivity contribution in [2.24, 2.45) is 0 Å². The van der Waals surface area contributed by atoms with E-state index in [1.807, 2.05) is 0 Å². The zero-order valence-electron chi connectivity index (χ0n) is 13.1. The highest BCUT2D eigenvalue weighted by Crippen LogP contribution is 2.27. The summed E-state index contributed by atoms with van der Waals surface area (Å²) in [6, 6.07) is 6.61. The lowest BCUT2D eigenvalue weighted by Gasteiger charge is -2.16. The molecule has 1 aromatic rings. The molecule has 0 aliphatic carbocycles. The molecule has 0 spiro atoms. The molecule has 0 fully saturated rings. The summed E-state index contributed by atoms with van der Waals surface area (Å²) < 4.78 is 6.89. The van der Waals surface area contributed by atoms with Gasteiger partial charge in [-0.1, -0.05) is 28.9 Å². The molecule has 0 radical (unpaired) electrons. The molecule has 1 N–H and O–H groups in total. The van der Waals surface area contributed by atoms with Gasteiger partial charge in [0, 0.05) is 17.1 Å². The highest BCUT2D eigenvalue weighted by Gasteiger charge is 2.09. The smallest absolute Gasteiger partial charge is 0.120 e. The standard InChI is InChI=1S/C16H27BrN2O/c1-5-9-18-13(2)15-8-7-14(12-16(15)17)20-11-6-10-19(3)4/h7-8,12-13,18H,5-6,9-11H2,1-4H3. The number of nitrogens with zero attached hydrogens (tertiary/aromatic N) is 1. The number of benzene rings is 1. The topological polar surface area (TPSA) is 24.5 Å². The number of hydrogen-bond donors (Lipinski definition) is 1. The molecule has 114 valence electrons. The first-order chi connectivity index (χ1) is 9.54. The minimum atomic E-state index is 0.354. The van der Waals surface area contributed by atoms with Gasteiger partial charge in [-0.15, -0.1) is 0 Å². The van der Waals surface area contributed by atoms with Crippen LogP contribution in [0.4, 0.5) is 0 Å². The molecule has 1 atom stereocenters. The molecule has 0 amide bonds. The predicted molar refractivity (Wildman–Crippen MR) is 89.5 cm³/mol. The van der Waals surface area contributed by atoms with Gasteiger partial charge < -0.3 is 15.0 Å². The second-order valence-corrected chi connectivity index (χ2v) is 6.22. The first-order valence-corrected chi connectivity index (χ1v) is 8.14. The van der Waals surface area contributed by atoms with Gasteiger partial charge >= 0.3 is 0 Å². The lowest BCUT2D eigenvalue weighted by atomic mass is 10.1. The molecular weight excluding hydrogens is 316 g/mol. The summed E-state index contributed by atoms with van der Waals surface area (Å²) >= 11 is 3.64. The van der Waals surface area contributed by atoms with Gasteiger partial charge in [-0.25, -0.2) is 0 Å². The number of hydrogen-bond acceptors (Lipinski definition) is 3. The Morgan fingerprint density at radius 3 is 2.70 bits per heavy atom. The molecule has 1 aromatic carbocycles. The zero-order chi connectivity index (χ0) is 15.0. The van der Waals surface area contributed by atoms with Crippen LogP contribution in [-0.2, 0) is 0 Å². The van der Waals surface area contributed by atoms with Gasteiger partial charge in [0.1, 0.15) is 5.75 Å². The van der Waals surface area contributed by atoms with E-state index in [0.29, 0.717) is 6.04 Å². The van der Waals surface area contributed by atoms with Crippen LogP contribution in [0.3, 0.4) is 0 Å². The van der Waals surface area contributed by atoms with Gasteiger partial charge in [0.25, 0.3) is 0 Å². The summed E-state index contributed by atoms with van der Waals surface area (Å²) in [7, 11) is 4.16. The monoisotopic (exact) mass is 342 g/mol. The van der Waals surface area contributed by atoms with Crippen molar-refractivity contribution < 1.29 is 4.74 Å². The van der Waals surface area contributed by atoms with E-state index < -0.39 is 0 Å². The van der Waals surface area contributed by atoms with Crippen LogP contribution in [0.15, 0.2) is 22.7 Å². The summed E-state index contributed by atoms with van der Waals surface area (Å²) in [5, 5.41) is 3.50. The normalized spacial score (nSPS) is 12.7. The summed E-state index contributed by atoms with van der Waals surface area (Å²) in [6.07, 6.45) is 2.19. The van der Waals surface area contributed by atoms with Crippen molar-refractivity contribution in [3.63, 3.8) is 0 Å². The SMILES string of the molecule is CCCNC(C)c1ccc(OCCCN(C)C)cc1Br. The van der Waals surface area contributed by atoms with Crippen LogP contribution in [0.5, 0.6) is 5.75 Å². The van der Waals surface area contributed by atoms with Crippen LogP contribution >= 0.6 is 15.9 Å². The molecule has 0 aromatic heterocycles. The molecule has 0 saturated carbocycles. The van der Waals surface area contributed by atoms with Gasteiger partial charge in [0.2, 0.25) is 0 Å². The van der Waals surface area contributed by atoms with Crippen LogP contribution in [0, 0.1) is 0 Å². The zero-order valence-corrected chi connectivity index (χ0v) is 14.7. The third kappa shape index (κ3) is 6.25. The van der Waals surface area contributed by atoms with Crippen LogP contribution in [-0.4, -0.2) is 38.7 Å². The highest BCUT2D eigenvalue weighted by molar-refractivity contribution is 9.10. The van der Waals surface area contributed by atoms with Crippen LogP contribution in [0.25, 0.3) is 0 Å². The lowest BCUT2D eigenvalue weighted by molar-refractivity contribution is 0.281. The van der Waals surface area contributed by atoms with Gasteiger partial charge in [0.15, 0.2) is 0 Å². The van der Waals surface area contributed by atoms with Crippen molar-refractivity contribution >= 4 is 15.9 Å². The minimum Gasteiger partial charge on any atom is -0.494 e. The third-order valence-corrected chi connectivity index (χ3v) is 3.84. The van der Waals surface area contributed by atoms with Crippen molar-refractivity contribution in [3.05, 3.63) is 28.2 Å². The largest absolute Gasteiger partial charge is 0.494 e. The van der Waals surface area contributed by atoms with E-state index in [1.54, 1.807) is 0 Å².